The maximum absolute atomic E-state index is 9.99. The fourth-order valence-corrected chi connectivity index (χ4v) is 2.75. The number of nitrogens with zero attached hydrogens (tertiary/aromatic N) is 3. The predicted molar refractivity (Wildman–Crippen MR) is 93.6 cm³/mol. The van der Waals surface area contributed by atoms with Crippen molar-refractivity contribution in [1.29, 1.82) is 5.26 Å². The van der Waals surface area contributed by atoms with Crippen LogP contribution in [0.3, 0.4) is 0 Å². The summed E-state index contributed by atoms with van der Waals surface area (Å²) in [5.41, 5.74) is 2.31. The van der Waals surface area contributed by atoms with Gasteiger partial charge in [0.05, 0.1) is 36.3 Å². The van der Waals surface area contributed by atoms with Gasteiger partial charge in [-0.25, -0.2) is 4.98 Å². The molecule has 0 aliphatic rings. The van der Waals surface area contributed by atoms with E-state index in [0.29, 0.717) is 36.0 Å². The zero-order chi connectivity index (χ0) is 17.8. The van der Waals surface area contributed by atoms with Crippen LogP contribution in [0.4, 0.5) is 0 Å². The lowest BCUT2D eigenvalue weighted by Crippen LogP contribution is -2.13. The van der Waals surface area contributed by atoms with Crippen LogP contribution < -0.4 is 9.47 Å². The molecule has 0 spiro atoms. The standard InChI is InChI=1S/C19H19N3O3/c1-13(23)19-21-15-5-3-4-6-16(15)22(19)9-10-25-17-8-7-14(12-20)11-18(17)24-2/h3-8,11,13,23H,9-10H2,1-2H3/t13-/m1/s1. The summed E-state index contributed by atoms with van der Waals surface area (Å²) in [7, 11) is 1.54. The molecule has 0 saturated carbocycles. The summed E-state index contributed by atoms with van der Waals surface area (Å²) in [5, 5.41) is 18.9. The number of nitriles is 1. The number of aliphatic hydroxyl groups is 1. The molecule has 6 nitrogen and oxygen atoms in total. The Balaban J connectivity index is 1.80. The maximum atomic E-state index is 9.99. The molecule has 0 fully saturated rings. The van der Waals surface area contributed by atoms with Crippen LogP contribution >= 0.6 is 0 Å². The van der Waals surface area contributed by atoms with E-state index in [1.54, 1.807) is 25.1 Å². The zero-order valence-corrected chi connectivity index (χ0v) is 14.1. The number of para-hydroxylation sites is 2. The normalized spacial score (nSPS) is 11.9. The van der Waals surface area contributed by atoms with E-state index < -0.39 is 6.10 Å². The van der Waals surface area contributed by atoms with Crippen molar-refractivity contribution in [3.63, 3.8) is 0 Å². The quantitative estimate of drug-likeness (QED) is 0.748. The molecule has 1 aromatic heterocycles. The number of rotatable bonds is 6. The van der Waals surface area contributed by atoms with Gasteiger partial charge in [-0.15, -0.1) is 0 Å². The van der Waals surface area contributed by atoms with Crippen molar-refractivity contribution in [3.8, 4) is 17.6 Å². The van der Waals surface area contributed by atoms with E-state index in [1.165, 1.54) is 7.11 Å². The van der Waals surface area contributed by atoms with Crippen LogP contribution in [-0.4, -0.2) is 28.4 Å². The van der Waals surface area contributed by atoms with Gasteiger partial charge in [0.25, 0.3) is 0 Å². The van der Waals surface area contributed by atoms with E-state index in [-0.39, 0.29) is 0 Å². The topological polar surface area (TPSA) is 80.3 Å². The predicted octanol–water partition coefficient (Wildman–Crippen LogP) is 3.05. The highest BCUT2D eigenvalue weighted by atomic mass is 16.5. The summed E-state index contributed by atoms with van der Waals surface area (Å²) in [6.07, 6.45) is -0.670. The van der Waals surface area contributed by atoms with E-state index in [4.69, 9.17) is 14.7 Å². The highest BCUT2D eigenvalue weighted by molar-refractivity contribution is 5.76. The molecule has 3 rings (SSSR count). The summed E-state index contributed by atoms with van der Waals surface area (Å²) >= 11 is 0. The van der Waals surface area contributed by atoms with E-state index >= 15 is 0 Å². The van der Waals surface area contributed by atoms with Gasteiger partial charge in [0.1, 0.15) is 18.5 Å². The van der Waals surface area contributed by atoms with Gasteiger partial charge in [0, 0.05) is 6.07 Å². The Labute approximate surface area is 145 Å². The summed E-state index contributed by atoms with van der Waals surface area (Å²) < 4.78 is 13.0. The number of hydrogen-bond acceptors (Lipinski definition) is 5. The number of ether oxygens (including phenoxy) is 2. The van der Waals surface area contributed by atoms with E-state index in [9.17, 15) is 5.11 Å². The average Bonchev–Trinajstić information content (AvgIpc) is 3.01. The molecule has 1 heterocycles. The van der Waals surface area contributed by atoms with E-state index in [2.05, 4.69) is 11.1 Å². The third-order valence-electron chi connectivity index (χ3n) is 3.92. The minimum Gasteiger partial charge on any atom is -0.493 e. The van der Waals surface area contributed by atoms with Gasteiger partial charge in [-0.2, -0.15) is 5.26 Å². The second kappa shape index (κ2) is 7.24. The van der Waals surface area contributed by atoms with Crippen LogP contribution in [0.1, 0.15) is 24.4 Å². The smallest absolute Gasteiger partial charge is 0.162 e. The molecule has 0 saturated heterocycles. The molecule has 0 radical (unpaired) electrons. The number of aliphatic hydroxyl groups excluding tert-OH is 1. The number of aromatic nitrogens is 2. The lowest BCUT2D eigenvalue weighted by atomic mass is 10.2. The molecule has 6 heteroatoms. The SMILES string of the molecule is COc1cc(C#N)ccc1OCCn1c([C@@H](C)O)nc2ccccc21. The molecule has 0 bridgehead atoms. The minimum absolute atomic E-state index is 0.377. The highest BCUT2D eigenvalue weighted by Crippen LogP contribution is 2.28. The van der Waals surface area contributed by atoms with Crippen molar-refractivity contribution in [3.05, 3.63) is 53.9 Å². The zero-order valence-electron chi connectivity index (χ0n) is 14.1. The molecule has 2 aromatic carbocycles. The Morgan fingerprint density at radius 1 is 1.24 bits per heavy atom. The van der Waals surface area contributed by atoms with Gasteiger partial charge >= 0.3 is 0 Å². The molecule has 0 amide bonds. The maximum Gasteiger partial charge on any atom is 0.162 e. The Morgan fingerprint density at radius 2 is 2.04 bits per heavy atom. The Hall–Kier alpha value is -3.04. The number of hydrogen-bond donors (Lipinski definition) is 1. The lowest BCUT2D eigenvalue weighted by molar-refractivity contribution is 0.181. The van der Waals surface area contributed by atoms with Crippen LogP contribution in [-0.2, 0) is 6.54 Å². The van der Waals surface area contributed by atoms with E-state index in [0.717, 1.165) is 11.0 Å². The average molecular weight is 337 g/mol. The lowest BCUT2D eigenvalue weighted by Gasteiger charge is -2.14. The molecular weight excluding hydrogens is 318 g/mol. The summed E-state index contributed by atoms with van der Waals surface area (Å²) in [6.45, 7) is 2.61. The summed E-state index contributed by atoms with van der Waals surface area (Å²) in [5.74, 6) is 1.70. The van der Waals surface area contributed by atoms with Gasteiger partial charge in [0.15, 0.2) is 11.5 Å². The van der Waals surface area contributed by atoms with Crippen molar-refractivity contribution < 1.29 is 14.6 Å². The first-order valence-electron chi connectivity index (χ1n) is 7.98. The van der Waals surface area contributed by atoms with Crippen molar-refractivity contribution in [2.45, 2.75) is 19.6 Å². The molecule has 3 aromatic rings. The second-order valence-corrected chi connectivity index (χ2v) is 5.61. The molecule has 1 atom stereocenters. The molecule has 0 aliphatic heterocycles. The van der Waals surface area contributed by atoms with Crippen molar-refractivity contribution in [2.24, 2.45) is 0 Å². The number of methoxy groups -OCH3 is 1. The summed E-state index contributed by atoms with van der Waals surface area (Å²) in [4.78, 5) is 4.49. The van der Waals surface area contributed by atoms with Crippen molar-refractivity contribution in [2.75, 3.05) is 13.7 Å². The second-order valence-electron chi connectivity index (χ2n) is 5.61. The monoisotopic (exact) mass is 337 g/mol. The molecule has 0 aliphatic carbocycles. The highest BCUT2D eigenvalue weighted by Gasteiger charge is 2.14. The van der Waals surface area contributed by atoms with Gasteiger partial charge in [-0.1, -0.05) is 12.1 Å². The van der Waals surface area contributed by atoms with Crippen LogP contribution in [0.2, 0.25) is 0 Å². The third kappa shape index (κ3) is 3.42. The van der Waals surface area contributed by atoms with E-state index in [1.807, 2.05) is 28.8 Å². The fourth-order valence-electron chi connectivity index (χ4n) is 2.75. The Morgan fingerprint density at radius 3 is 2.76 bits per heavy atom. The van der Waals surface area contributed by atoms with Crippen molar-refractivity contribution >= 4 is 11.0 Å². The molecule has 1 N–H and O–H groups in total. The Bertz CT molecular complexity index is 925. The first-order valence-corrected chi connectivity index (χ1v) is 7.98. The van der Waals surface area contributed by atoms with Crippen LogP contribution in [0.5, 0.6) is 11.5 Å². The van der Waals surface area contributed by atoms with Crippen LogP contribution in [0.15, 0.2) is 42.5 Å². The molecule has 25 heavy (non-hydrogen) atoms. The third-order valence-corrected chi connectivity index (χ3v) is 3.92. The number of imidazole rings is 1. The summed E-state index contributed by atoms with van der Waals surface area (Å²) in [6, 6.07) is 14.9. The van der Waals surface area contributed by atoms with Crippen LogP contribution in [0, 0.1) is 11.3 Å². The minimum atomic E-state index is -0.670. The molecule has 128 valence electrons. The van der Waals surface area contributed by atoms with Gasteiger partial charge < -0.3 is 19.1 Å². The number of fused-ring (bicyclic) bond motifs is 1. The molecular formula is C19H19N3O3. The van der Waals surface area contributed by atoms with Gasteiger partial charge in [0.2, 0.25) is 0 Å². The van der Waals surface area contributed by atoms with Gasteiger partial charge in [-0.05, 0) is 31.2 Å². The molecule has 0 unspecified atom stereocenters. The van der Waals surface area contributed by atoms with Crippen LogP contribution in [0.25, 0.3) is 11.0 Å². The Kier molecular flexibility index (Phi) is 4.87. The van der Waals surface area contributed by atoms with Gasteiger partial charge in [-0.3, -0.25) is 0 Å². The first kappa shape index (κ1) is 16.8. The fraction of sp³-hybridized carbons (Fsp3) is 0.263. The number of benzene rings is 2. The largest absolute Gasteiger partial charge is 0.493 e. The first-order chi connectivity index (χ1) is 12.1. The van der Waals surface area contributed by atoms with Crippen molar-refractivity contribution in [1.82, 2.24) is 9.55 Å².